The molecule has 0 aromatic heterocycles. The zero-order chi connectivity index (χ0) is 16.7. The van der Waals surface area contributed by atoms with Crippen LogP contribution >= 0.6 is 0 Å². The Bertz CT molecular complexity index is 611. The maximum atomic E-state index is 12.1. The fourth-order valence-electron chi connectivity index (χ4n) is 2.82. The lowest BCUT2D eigenvalue weighted by molar-refractivity contribution is -0.129. The van der Waals surface area contributed by atoms with Crippen LogP contribution in [0.15, 0.2) is 54.6 Å². The van der Waals surface area contributed by atoms with Crippen molar-refractivity contribution in [3.8, 4) is 0 Å². The molecule has 0 radical (unpaired) electrons. The van der Waals surface area contributed by atoms with Crippen LogP contribution in [0.3, 0.4) is 0 Å². The number of carbonyl (C=O) groups is 1. The van der Waals surface area contributed by atoms with Crippen molar-refractivity contribution in [1.29, 1.82) is 0 Å². The van der Waals surface area contributed by atoms with Gasteiger partial charge in [0.2, 0.25) is 0 Å². The van der Waals surface area contributed by atoms with Gasteiger partial charge in [-0.25, -0.2) is 5.48 Å². The van der Waals surface area contributed by atoms with Gasteiger partial charge < -0.3 is 4.90 Å². The van der Waals surface area contributed by atoms with Gasteiger partial charge >= 0.3 is 0 Å². The first-order valence-electron chi connectivity index (χ1n) is 8.05. The Morgan fingerprint density at radius 1 is 1.04 bits per heavy atom. The monoisotopic (exact) mass is 312 g/mol. The van der Waals surface area contributed by atoms with Gasteiger partial charge in [0, 0.05) is 18.8 Å². The summed E-state index contributed by atoms with van der Waals surface area (Å²) in [5.74, 6) is -0.943. The Kier molecular flexibility index (Phi) is 6.18. The van der Waals surface area contributed by atoms with Crippen LogP contribution in [0.4, 0.5) is 5.69 Å². The number of hydrogen-bond acceptors (Lipinski definition) is 3. The minimum atomic E-state index is -0.517. The summed E-state index contributed by atoms with van der Waals surface area (Å²) in [5, 5.41) is 9.07. The summed E-state index contributed by atoms with van der Waals surface area (Å²) in [7, 11) is 0. The van der Waals surface area contributed by atoms with Crippen LogP contribution in [0.25, 0.3) is 0 Å². The van der Waals surface area contributed by atoms with Crippen molar-refractivity contribution in [3.63, 3.8) is 0 Å². The fraction of sp³-hybridized carbons (Fsp3) is 0.316. The maximum absolute atomic E-state index is 12.1. The second-order valence-electron chi connectivity index (χ2n) is 5.49. The van der Waals surface area contributed by atoms with Gasteiger partial charge in [0.25, 0.3) is 5.91 Å². The van der Waals surface area contributed by atoms with Crippen LogP contribution in [0.5, 0.6) is 0 Å². The van der Waals surface area contributed by atoms with Gasteiger partial charge in [0.05, 0.1) is 5.92 Å². The molecular formula is C19H24N2O2. The van der Waals surface area contributed by atoms with Crippen molar-refractivity contribution in [3.05, 3.63) is 65.7 Å². The predicted molar refractivity (Wildman–Crippen MR) is 92.8 cm³/mol. The number of benzene rings is 2. The first kappa shape index (κ1) is 17.0. The molecule has 0 saturated carbocycles. The molecule has 2 aromatic carbocycles. The number of anilines is 1. The Hall–Kier alpha value is -2.33. The molecule has 1 unspecified atom stereocenters. The number of nitrogens with zero attached hydrogens (tertiary/aromatic N) is 1. The predicted octanol–water partition coefficient (Wildman–Crippen LogP) is 3.56. The maximum Gasteiger partial charge on any atom is 0.255 e. The molecule has 4 heteroatoms. The molecule has 0 bridgehead atoms. The second-order valence-corrected chi connectivity index (χ2v) is 5.49. The van der Waals surface area contributed by atoms with Crippen molar-refractivity contribution >= 4 is 11.6 Å². The first-order valence-corrected chi connectivity index (χ1v) is 8.05. The van der Waals surface area contributed by atoms with E-state index in [1.807, 2.05) is 54.6 Å². The number of hydrogen-bond donors (Lipinski definition) is 2. The SMILES string of the molecule is CCCN(CC)c1ccc(C(C(=O)NO)c2ccccc2)cc1. The Balaban J connectivity index is 2.31. The lowest BCUT2D eigenvalue weighted by Gasteiger charge is -2.23. The quantitative estimate of drug-likeness (QED) is 0.607. The van der Waals surface area contributed by atoms with Gasteiger partial charge in [-0.2, -0.15) is 0 Å². The van der Waals surface area contributed by atoms with E-state index in [0.29, 0.717) is 0 Å². The molecule has 0 aliphatic heterocycles. The third kappa shape index (κ3) is 4.11. The molecule has 0 aliphatic carbocycles. The van der Waals surface area contributed by atoms with Crippen molar-refractivity contribution in [2.45, 2.75) is 26.2 Å². The summed E-state index contributed by atoms with van der Waals surface area (Å²) in [5.41, 5.74) is 4.64. The molecule has 122 valence electrons. The van der Waals surface area contributed by atoms with Gasteiger partial charge in [-0.1, -0.05) is 49.4 Å². The molecule has 1 atom stereocenters. The van der Waals surface area contributed by atoms with E-state index in [9.17, 15) is 4.79 Å². The average Bonchev–Trinajstić information content (AvgIpc) is 2.61. The molecule has 2 rings (SSSR count). The van der Waals surface area contributed by atoms with Crippen molar-refractivity contribution in [2.24, 2.45) is 0 Å². The van der Waals surface area contributed by atoms with Gasteiger partial charge in [-0.3, -0.25) is 10.0 Å². The van der Waals surface area contributed by atoms with E-state index in [0.717, 1.165) is 36.3 Å². The number of nitrogens with one attached hydrogen (secondary N) is 1. The van der Waals surface area contributed by atoms with Crippen LogP contribution < -0.4 is 10.4 Å². The van der Waals surface area contributed by atoms with Gasteiger partial charge in [0.1, 0.15) is 0 Å². The highest BCUT2D eigenvalue weighted by Gasteiger charge is 2.22. The van der Waals surface area contributed by atoms with E-state index in [4.69, 9.17) is 5.21 Å². The van der Waals surface area contributed by atoms with Crippen LogP contribution in [0, 0.1) is 0 Å². The third-order valence-electron chi connectivity index (χ3n) is 3.97. The fourth-order valence-corrected chi connectivity index (χ4v) is 2.82. The van der Waals surface area contributed by atoms with Crippen LogP contribution in [-0.2, 0) is 4.79 Å². The van der Waals surface area contributed by atoms with E-state index in [1.165, 1.54) is 0 Å². The number of hydroxylamine groups is 1. The Morgan fingerprint density at radius 2 is 1.65 bits per heavy atom. The average molecular weight is 312 g/mol. The van der Waals surface area contributed by atoms with E-state index in [1.54, 1.807) is 5.48 Å². The minimum absolute atomic E-state index is 0.426. The van der Waals surface area contributed by atoms with E-state index < -0.39 is 11.8 Å². The molecule has 0 spiro atoms. The summed E-state index contributed by atoms with van der Waals surface area (Å²) in [6.07, 6.45) is 1.09. The molecule has 0 saturated heterocycles. The normalized spacial score (nSPS) is 11.8. The second kappa shape index (κ2) is 8.34. The van der Waals surface area contributed by atoms with Gasteiger partial charge in [0.15, 0.2) is 0 Å². The summed E-state index contributed by atoms with van der Waals surface area (Å²) >= 11 is 0. The highest BCUT2D eigenvalue weighted by atomic mass is 16.5. The highest BCUT2D eigenvalue weighted by Crippen LogP contribution is 2.27. The molecular weight excluding hydrogens is 288 g/mol. The molecule has 1 amide bonds. The van der Waals surface area contributed by atoms with Crippen molar-refractivity contribution < 1.29 is 10.0 Å². The summed E-state index contributed by atoms with van der Waals surface area (Å²) < 4.78 is 0. The first-order chi connectivity index (χ1) is 11.2. The third-order valence-corrected chi connectivity index (χ3v) is 3.97. The molecule has 23 heavy (non-hydrogen) atoms. The van der Waals surface area contributed by atoms with Gasteiger partial charge in [-0.15, -0.1) is 0 Å². The summed E-state index contributed by atoms with van der Waals surface area (Å²) in [4.78, 5) is 14.4. The van der Waals surface area contributed by atoms with Crippen LogP contribution in [-0.4, -0.2) is 24.2 Å². The molecule has 2 N–H and O–H groups in total. The van der Waals surface area contributed by atoms with Crippen LogP contribution in [0.2, 0.25) is 0 Å². The Morgan fingerprint density at radius 3 is 2.17 bits per heavy atom. The lowest BCUT2D eigenvalue weighted by Crippen LogP contribution is -2.27. The zero-order valence-corrected chi connectivity index (χ0v) is 13.7. The largest absolute Gasteiger partial charge is 0.372 e. The number of carbonyl (C=O) groups excluding carboxylic acids is 1. The number of amides is 1. The van der Waals surface area contributed by atoms with Crippen molar-refractivity contribution in [1.82, 2.24) is 5.48 Å². The molecule has 0 aliphatic rings. The minimum Gasteiger partial charge on any atom is -0.372 e. The van der Waals surface area contributed by atoms with Crippen LogP contribution in [0.1, 0.15) is 37.3 Å². The van der Waals surface area contributed by atoms with Gasteiger partial charge in [-0.05, 0) is 36.6 Å². The molecule has 2 aromatic rings. The van der Waals surface area contributed by atoms with Crippen molar-refractivity contribution in [2.75, 3.05) is 18.0 Å². The summed E-state index contributed by atoms with van der Waals surface area (Å²) in [6.45, 7) is 6.26. The van der Waals surface area contributed by atoms with E-state index in [2.05, 4.69) is 18.7 Å². The summed E-state index contributed by atoms with van der Waals surface area (Å²) in [6, 6.07) is 17.5. The standard InChI is InChI=1S/C19H24N2O2/c1-3-14-21(4-2)17-12-10-16(11-13-17)18(19(22)20-23)15-8-6-5-7-9-15/h5-13,18,23H,3-4,14H2,1-2H3,(H,20,22). The topological polar surface area (TPSA) is 52.6 Å². The smallest absolute Gasteiger partial charge is 0.255 e. The Labute approximate surface area is 137 Å². The molecule has 0 fully saturated rings. The molecule has 0 heterocycles. The van der Waals surface area contributed by atoms with E-state index >= 15 is 0 Å². The molecule has 4 nitrogen and oxygen atoms in total. The van der Waals surface area contributed by atoms with E-state index in [-0.39, 0.29) is 0 Å². The highest BCUT2D eigenvalue weighted by molar-refractivity contribution is 5.86. The number of rotatable bonds is 7. The lowest BCUT2D eigenvalue weighted by atomic mass is 9.90. The zero-order valence-electron chi connectivity index (χ0n) is 13.7.